The van der Waals surface area contributed by atoms with E-state index >= 15 is 0 Å². The van der Waals surface area contributed by atoms with Gasteiger partial charge in [0.2, 0.25) is 0 Å². The average Bonchev–Trinajstić information content (AvgIpc) is 2.39. The molecule has 0 fully saturated rings. The lowest BCUT2D eigenvalue weighted by atomic mass is 9.85. The molecule has 0 saturated carbocycles. The lowest BCUT2D eigenvalue weighted by Gasteiger charge is -2.28. The molecule has 1 aliphatic rings. The molecular weight excluding hydrogens is 222 g/mol. The van der Waals surface area contributed by atoms with Gasteiger partial charge in [-0.1, -0.05) is 38.5 Å². The third-order valence-corrected chi connectivity index (χ3v) is 4.07. The molecule has 18 heavy (non-hydrogen) atoms. The van der Waals surface area contributed by atoms with Crippen molar-refractivity contribution in [2.24, 2.45) is 11.7 Å². The smallest absolute Gasteiger partial charge is 0.122 e. The van der Waals surface area contributed by atoms with E-state index in [-0.39, 0.29) is 0 Å². The van der Waals surface area contributed by atoms with Crippen LogP contribution in [0.5, 0.6) is 5.75 Å². The minimum Gasteiger partial charge on any atom is -0.493 e. The molecule has 0 aliphatic carbocycles. The minimum atomic E-state index is 0.316. The molecule has 2 N–H and O–H groups in total. The highest BCUT2D eigenvalue weighted by Crippen LogP contribution is 2.36. The summed E-state index contributed by atoms with van der Waals surface area (Å²) in [6.07, 6.45) is 4.55. The first-order chi connectivity index (χ1) is 8.70. The Morgan fingerprint density at radius 1 is 1.39 bits per heavy atom. The molecule has 1 aromatic rings. The molecule has 2 heteroatoms. The van der Waals surface area contributed by atoms with E-state index in [1.807, 2.05) is 6.07 Å². The third-order valence-electron chi connectivity index (χ3n) is 4.07. The van der Waals surface area contributed by atoms with Crippen molar-refractivity contribution in [3.05, 3.63) is 29.8 Å². The summed E-state index contributed by atoms with van der Waals surface area (Å²) in [5.74, 6) is 2.37. The Kier molecular flexibility index (Phi) is 4.65. The van der Waals surface area contributed by atoms with Crippen molar-refractivity contribution in [1.29, 1.82) is 0 Å². The molecule has 100 valence electrons. The first-order valence-corrected chi connectivity index (χ1v) is 7.18. The number of hydrogen-bond donors (Lipinski definition) is 1. The molecule has 2 rings (SSSR count). The molecule has 0 spiro atoms. The number of ether oxygens (including phenoxy) is 1. The molecule has 0 aromatic heterocycles. The molecule has 0 bridgehead atoms. The number of fused-ring (bicyclic) bond motifs is 1. The van der Waals surface area contributed by atoms with Gasteiger partial charge in [0.05, 0.1) is 6.61 Å². The summed E-state index contributed by atoms with van der Waals surface area (Å²) in [6.45, 7) is 5.36. The van der Waals surface area contributed by atoms with Crippen LogP contribution in [0.2, 0.25) is 0 Å². The standard InChI is InChI=1S/C16H25NO/c1-3-12(2)10-14(17)11-13-8-9-18-16-7-5-4-6-15(13)16/h4-7,12-14H,3,8-11,17H2,1-2H3. The first-order valence-electron chi connectivity index (χ1n) is 7.18. The number of para-hydroxylation sites is 1. The highest BCUT2D eigenvalue weighted by Gasteiger charge is 2.23. The SMILES string of the molecule is CCC(C)CC(N)CC1CCOc2ccccc21. The van der Waals surface area contributed by atoms with Gasteiger partial charge in [-0.05, 0) is 42.7 Å². The van der Waals surface area contributed by atoms with Gasteiger partial charge < -0.3 is 10.5 Å². The van der Waals surface area contributed by atoms with E-state index < -0.39 is 0 Å². The first kappa shape index (κ1) is 13.4. The van der Waals surface area contributed by atoms with Crippen molar-refractivity contribution >= 4 is 0 Å². The van der Waals surface area contributed by atoms with E-state index in [0.29, 0.717) is 12.0 Å². The summed E-state index contributed by atoms with van der Waals surface area (Å²) >= 11 is 0. The molecular formula is C16H25NO. The van der Waals surface area contributed by atoms with Crippen molar-refractivity contribution in [3.63, 3.8) is 0 Å². The van der Waals surface area contributed by atoms with Gasteiger partial charge in [0, 0.05) is 6.04 Å². The summed E-state index contributed by atoms with van der Waals surface area (Å²) < 4.78 is 5.70. The highest BCUT2D eigenvalue weighted by atomic mass is 16.5. The summed E-state index contributed by atoms with van der Waals surface area (Å²) in [6, 6.07) is 8.72. The van der Waals surface area contributed by atoms with Crippen LogP contribution in [-0.2, 0) is 0 Å². The zero-order chi connectivity index (χ0) is 13.0. The third kappa shape index (κ3) is 3.26. The van der Waals surface area contributed by atoms with Crippen molar-refractivity contribution in [2.75, 3.05) is 6.61 Å². The Morgan fingerprint density at radius 3 is 2.94 bits per heavy atom. The topological polar surface area (TPSA) is 35.2 Å². The summed E-state index contributed by atoms with van der Waals surface area (Å²) in [7, 11) is 0. The second-order valence-electron chi connectivity index (χ2n) is 5.62. The molecule has 1 aliphatic heterocycles. The molecule has 1 heterocycles. The molecule has 3 atom stereocenters. The maximum absolute atomic E-state index is 6.30. The largest absolute Gasteiger partial charge is 0.493 e. The van der Waals surface area contributed by atoms with E-state index in [1.54, 1.807) is 0 Å². The normalized spacial score (nSPS) is 21.8. The molecule has 0 saturated heterocycles. The quantitative estimate of drug-likeness (QED) is 0.861. The maximum atomic E-state index is 6.30. The number of rotatable bonds is 5. The summed E-state index contributed by atoms with van der Waals surface area (Å²) in [5, 5.41) is 0. The molecule has 0 amide bonds. The maximum Gasteiger partial charge on any atom is 0.122 e. The van der Waals surface area contributed by atoms with Gasteiger partial charge in [0.25, 0.3) is 0 Å². The Bertz CT molecular complexity index is 377. The second kappa shape index (κ2) is 6.24. The van der Waals surface area contributed by atoms with Gasteiger partial charge in [-0.25, -0.2) is 0 Å². The Morgan fingerprint density at radius 2 is 2.17 bits per heavy atom. The van der Waals surface area contributed by atoms with Gasteiger partial charge in [0.1, 0.15) is 5.75 Å². The van der Waals surface area contributed by atoms with Crippen LogP contribution in [0.15, 0.2) is 24.3 Å². The van der Waals surface area contributed by atoms with E-state index in [4.69, 9.17) is 10.5 Å². The van der Waals surface area contributed by atoms with Gasteiger partial charge >= 0.3 is 0 Å². The van der Waals surface area contributed by atoms with Crippen LogP contribution in [0.3, 0.4) is 0 Å². The number of hydrogen-bond acceptors (Lipinski definition) is 2. The highest BCUT2D eigenvalue weighted by molar-refractivity contribution is 5.37. The predicted molar refractivity (Wildman–Crippen MR) is 76.0 cm³/mol. The van der Waals surface area contributed by atoms with Crippen molar-refractivity contribution in [1.82, 2.24) is 0 Å². The fraction of sp³-hybridized carbons (Fsp3) is 0.625. The van der Waals surface area contributed by atoms with E-state index in [1.165, 1.54) is 12.0 Å². The number of nitrogens with two attached hydrogens (primary N) is 1. The fourth-order valence-corrected chi connectivity index (χ4v) is 2.81. The van der Waals surface area contributed by atoms with Crippen molar-refractivity contribution in [2.45, 2.75) is 51.5 Å². The van der Waals surface area contributed by atoms with Crippen LogP contribution < -0.4 is 10.5 Å². The van der Waals surface area contributed by atoms with Crippen LogP contribution >= 0.6 is 0 Å². The van der Waals surface area contributed by atoms with Crippen molar-refractivity contribution in [3.8, 4) is 5.75 Å². The lowest BCUT2D eigenvalue weighted by Crippen LogP contribution is -2.27. The van der Waals surface area contributed by atoms with Gasteiger partial charge in [-0.2, -0.15) is 0 Å². The van der Waals surface area contributed by atoms with Crippen LogP contribution in [0.1, 0.15) is 51.0 Å². The van der Waals surface area contributed by atoms with Crippen LogP contribution in [0, 0.1) is 5.92 Å². The molecule has 3 unspecified atom stereocenters. The molecule has 1 aromatic carbocycles. The lowest BCUT2D eigenvalue weighted by molar-refractivity contribution is 0.255. The van der Waals surface area contributed by atoms with Gasteiger partial charge in [0.15, 0.2) is 0 Å². The predicted octanol–water partition coefficient (Wildman–Crippen LogP) is 3.71. The van der Waals surface area contributed by atoms with Crippen LogP contribution in [0.4, 0.5) is 0 Å². The molecule has 0 radical (unpaired) electrons. The van der Waals surface area contributed by atoms with Gasteiger partial charge in [-0.3, -0.25) is 0 Å². The zero-order valence-corrected chi connectivity index (χ0v) is 11.6. The summed E-state index contributed by atoms with van der Waals surface area (Å²) in [4.78, 5) is 0. The molecule has 2 nitrogen and oxygen atoms in total. The van der Waals surface area contributed by atoms with Crippen LogP contribution in [0.25, 0.3) is 0 Å². The Balaban J connectivity index is 1.98. The Labute approximate surface area is 111 Å². The second-order valence-corrected chi connectivity index (χ2v) is 5.62. The minimum absolute atomic E-state index is 0.316. The van der Waals surface area contributed by atoms with Crippen LogP contribution in [-0.4, -0.2) is 12.6 Å². The van der Waals surface area contributed by atoms with Gasteiger partial charge in [-0.15, -0.1) is 0 Å². The Hall–Kier alpha value is -1.02. The van der Waals surface area contributed by atoms with E-state index in [9.17, 15) is 0 Å². The summed E-state index contributed by atoms with van der Waals surface area (Å²) in [5.41, 5.74) is 7.65. The van der Waals surface area contributed by atoms with E-state index in [2.05, 4.69) is 32.0 Å². The zero-order valence-electron chi connectivity index (χ0n) is 11.6. The fourth-order valence-electron chi connectivity index (χ4n) is 2.81. The van der Waals surface area contributed by atoms with Crippen molar-refractivity contribution < 1.29 is 4.74 Å². The van der Waals surface area contributed by atoms with E-state index in [0.717, 1.165) is 37.5 Å². The average molecular weight is 247 g/mol. The monoisotopic (exact) mass is 247 g/mol. The number of benzene rings is 1.